The number of morpholine rings is 1. The van der Waals surface area contributed by atoms with E-state index in [1.165, 1.54) is 4.90 Å². The molecule has 0 spiro atoms. The van der Waals surface area contributed by atoms with Crippen LogP contribution in [0.1, 0.15) is 12.7 Å². The van der Waals surface area contributed by atoms with Gasteiger partial charge in [-0.25, -0.2) is 0 Å². The molecule has 0 aliphatic carbocycles. The van der Waals surface area contributed by atoms with Gasteiger partial charge in [-0.3, -0.25) is 14.5 Å². The Balaban J connectivity index is 1.77. The van der Waals surface area contributed by atoms with Crippen LogP contribution in [0.25, 0.3) is 6.08 Å². The molecule has 2 aliphatic rings. The Morgan fingerprint density at radius 2 is 2.04 bits per heavy atom. The topological polar surface area (TPSA) is 63.0 Å². The highest BCUT2D eigenvalue weighted by Gasteiger charge is 2.37. The predicted molar refractivity (Wildman–Crippen MR) is 89.2 cm³/mol. The molecule has 0 saturated carbocycles. The van der Waals surface area contributed by atoms with Gasteiger partial charge in [0.25, 0.3) is 11.1 Å². The Morgan fingerprint density at radius 3 is 2.74 bits per heavy atom. The predicted octanol–water partition coefficient (Wildman–Crippen LogP) is 2.73. The molecule has 23 heavy (non-hydrogen) atoms. The van der Waals surface area contributed by atoms with Crippen LogP contribution in [-0.4, -0.2) is 48.4 Å². The lowest BCUT2D eigenvalue weighted by atomic mass is 10.3. The fourth-order valence-electron chi connectivity index (χ4n) is 2.44. The zero-order valence-electron chi connectivity index (χ0n) is 12.9. The number of carbonyl (C=O) groups excluding carboxylic acids is 2. The number of hydrogen-bond acceptors (Lipinski definition) is 6. The first kappa shape index (κ1) is 15.9. The van der Waals surface area contributed by atoms with Gasteiger partial charge >= 0.3 is 0 Å². The molecule has 1 atom stereocenters. The van der Waals surface area contributed by atoms with Crippen molar-refractivity contribution in [3.05, 3.63) is 35.5 Å². The molecule has 0 aromatic carbocycles. The summed E-state index contributed by atoms with van der Waals surface area (Å²) in [4.78, 5) is 28.0. The molecule has 2 aliphatic heterocycles. The van der Waals surface area contributed by atoms with Gasteiger partial charge in [0.15, 0.2) is 5.88 Å². The molecule has 7 heteroatoms. The van der Waals surface area contributed by atoms with Crippen LogP contribution in [0.3, 0.4) is 0 Å². The monoisotopic (exact) mass is 334 g/mol. The molecule has 122 valence electrons. The average Bonchev–Trinajstić information content (AvgIpc) is 3.13. The fourth-order valence-corrected chi connectivity index (χ4v) is 3.34. The van der Waals surface area contributed by atoms with E-state index in [4.69, 9.17) is 9.15 Å². The van der Waals surface area contributed by atoms with Gasteiger partial charge in [-0.05, 0) is 24.8 Å². The van der Waals surface area contributed by atoms with Gasteiger partial charge in [-0.2, -0.15) is 0 Å². The van der Waals surface area contributed by atoms with Gasteiger partial charge in [0.2, 0.25) is 0 Å². The summed E-state index contributed by atoms with van der Waals surface area (Å²) in [6.45, 7) is 8.29. The number of hydrogen-bond donors (Lipinski definition) is 0. The highest BCUT2D eigenvalue weighted by molar-refractivity contribution is 8.18. The molecular formula is C16H18N2O4S. The first-order valence-electron chi connectivity index (χ1n) is 7.42. The third-order valence-electron chi connectivity index (χ3n) is 3.78. The third kappa shape index (κ3) is 3.20. The smallest absolute Gasteiger partial charge is 0.294 e. The number of ether oxygens (including phenoxy) is 1. The van der Waals surface area contributed by atoms with Gasteiger partial charge in [0.05, 0.1) is 24.2 Å². The summed E-state index contributed by atoms with van der Waals surface area (Å²) >= 11 is 0.922. The van der Waals surface area contributed by atoms with Gasteiger partial charge in [-0.1, -0.05) is 6.08 Å². The summed E-state index contributed by atoms with van der Waals surface area (Å²) in [5.41, 5.74) is 0. The molecule has 2 fully saturated rings. The SMILES string of the molecule is C=CC(C)N1C(=O)SC(=Cc2ccc(N3CCOCC3)o2)C1=O. The highest BCUT2D eigenvalue weighted by Crippen LogP contribution is 2.34. The number of thioether (sulfide) groups is 1. The van der Waals surface area contributed by atoms with E-state index in [2.05, 4.69) is 11.5 Å². The maximum absolute atomic E-state index is 12.3. The van der Waals surface area contributed by atoms with E-state index < -0.39 is 0 Å². The molecule has 0 bridgehead atoms. The Bertz CT molecular complexity index is 661. The van der Waals surface area contributed by atoms with Gasteiger partial charge in [0, 0.05) is 25.2 Å². The molecular weight excluding hydrogens is 316 g/mol. The van der Waals surface area contributed by atoms with E-state index in [-0.39, 0.29) is 17.2 Å². The Hall–Kier alpha value is -1.99. The summed E-state index contributed by atoms with van der Waals surface area (Å²) < 4.78 is 11.1. The lowest BCUT2D eigenvalue weighted by Crippen LogP contribution is -2.35. The zero-order valence-corrected chi connectivity index (χ0v) is 13.7. The Morgan fingerprint density at radius 1 is 1.30 bits per heavy atom. The van der Waals surface area contributed by atoms with E-state index >= 15 is 0 Å². The second kappa shape index (κ2) is 6.64. The number of furan rings is 1. The van der Waals surface area contributed by atoms with Gasteiger partial charge in [0.1, 0.15) is 5.76 Å². The summed E-state index contributed by atoms with van der Waals surface area (Å²) in [6, 6.07) is 3.35. The van der Waals surface area contributed by atoms with Crippen LogP contribution < -0.4 is 4.90 Å². The number of amides is 2. The summed E-state index contributed by atoms with van der Waals surface area (Å²) in [7, 11) is 0. The van der Waals surface area contributed by atoms with E-state index in [1.807, 2.05) is 6.07 Å². The van der Waals surface area contributed by atoms with Crippen LogP contribution in [0.5, 0.6) is 0 Å². The number of carbonyl (C=O) groups is 2. The van der Waals surface area contributed by atoms with Crippen molar-refractivity contribution in [1.29, 1.82) is 0 Å². The average molecular weight is 334 g/mol. The van der Waals surface area contributed by atoms with Crippen molar-refractivity contribution in [3.63, 3.8) is 0 Å². The first-order valence-corrected chi connectivity index (χ1v) is 8.24. The summed E-state index contributed by atoms with van der Waals surface area (Å²) in [5.74, 6) is 0.998. The maximum atomic E-state index is 12.3. The normalized spacial score (nSPS) is 22.0. The second-order valence-electron chi connectivity index (χ2n) is 5.30. The summed E-state index contributed by atoms with van der Waals surface area (Å²) in [6.07, 6.45) is 3.19. The lowest BCUT2D eigenvalue weighted by Gasteiger charge is -2.26. The van der Waals surface area contributed by atoms with Crippen LogP contribution >= 0.6 is 11.8 Å². The molecule has 2 saturated heterocycles. The molecule has 0 N–H and O–H groups in total. The van der Waals surface area contributed by atoms with Gasteiger partial charge < -0.3 is 14.1 Å². The Kier molecular flexibility index (Phi) is 4.58. The second-order valence-corrected chi connectivity index (χ2v) is 6.30. The van der Waals surface area contributed by atoms with E-state index in [9.17, 15) is 9.59 Å². The number of imide groups is 1. The Labute approximate surface area is 138 Å². The maximum Gasteiger partial charge on any atom is 0.294 e. The van der Waals surface area contributed by atoms with Crippen molar-refractivity contribution in [2.45, 2.75) is 13.0 Å². The quantitative estimate of drug-likeness (QED) is 0.623. The minimum Gasteiger partial charge on any atom is -0.441 e. The van der Waals surface area contributed by atoms with Crippen LogP contribution in [0.2, 0.25) is 0 Å². The van der Waals surface area contributed by atoms with Crippen molar-refractivity contribution >= 4 is 34.9 Å². The molecule has 6 nitrogen and oxygen atoms in total. The van der Waals surface area contributed by atoms with Crippen molar-refractivity contribution in [1.82, 2.24) is 4.90 Å². The third-order valence-corrected chi connectivity index (χ3v) is 4.66. The molecule has 3 rings (SSSR count). The molecule has 0 radical (unpaired) electrons. The number of rotatable bonds is 4. The van der Waals surface area contributed by atoms with Crippen molar-refractivity contribution in [2.75, 3.05) is 31.2 Å². The first-order chi connectivity index (χ1) is 11.1. The molecule has 1 aromatic heterocycles. The van der Waals surface area contributed by atoms with Crippen molar-refractivity contribution in [2.24, 2.45) is 0 Å². The standard InChI is InChI=1S/C16H18N2O4S/c1-3-11(2)18-15(19)13(23-16(18)20)10-12-4-5-14(22-12)17-6-8-21-9-7-17/h3-5,10-11H,1,6-9H2,2H3. The minimum atomic E-state index is -0.325. The minimum absolute atomic E-state index is 0.284. The van der Waals surface area contributed by atoms with E-state index in [0.29, 0.717) is 23.9 Å². The lowest BCUT2D eigenvalue weighted by molar-refractivity contribution is -0.123. The molecule has 1 unspecified atom stereocenters. The van der Waals surface area contributed by atoms with Crippen molar-refractivity contribution < 1.29 is 18.7 Å². The fraction of sp³-hybridized carbons (Fsp3) is 0.375. The van der Waals surface area contributed by atoms with Crippen molar-refractivity contribution in [3.8, 4) is 0 Å². The number of nitrogens with zero attached hydrogens (tertiary/aromatic N) is 2. The van der Waals surface area contributed by atoms with Gasteiger partial charge in [-0.15, -0.1) is 6.58 Å². The zero-order chi connectivity index (χ0) is 16.4. The molecule has 2 amide bonds. The van der Waals surface area contributed by atoms with E-state index in [1.54, 1.807) is 25.1 Å². The van der Waals surface area contributed by atoms with Crippen LogP contribution in [0.15, 0.2) is 34.1 Å². The van der Waals surface area contributed by atoms with Crippen LogP contribution in [0.4, 0.5) is 10.7 Å². The summed E-state index contributed by atoms with van der Waals surface area (Å²) in [5, 5.41) is -0.284. The van der Waals surface area contributed by atoms with E-state index in [0.717, 1.165) is 30.7 Å². The van der Waals surface area contributed by atoms with Crippen LogP contribution in [-0.2, 0) is 9.53 Å². The molecule has 3 heterocycles. The van der Waals surface area contributed by atoms with Crippen LogP contribution in [0, 0.1) is 0 Å². The molecule has 1 aromatic rings. The highest BCUT2D eigenvalue weighted by atomic mass is 32.2. The largest absolute Gasteiger partial charge is 0.441 e. The number of anilines is 1.